The number of furan rings is 2. The van der Waals surface area contributed by atoms with E-state index in [4.69, 9.17) is 8.83 Å². The lowest BCUT2D eigenvalue weighted by Crippen LogP contribution is -2.10. The van der Waals surface area contributed by atoms with Gasteiger partial charge in [-0.15, -0.1) is 0 Å². The summed E-state index contributed by atoms with van der Waals surface area (Å²) >= 11 is 0. The number of fused-ring (bicyclic) bond motifs is 14. The second kappa shape index (κ2) is 24.1. The van der Waals surface area contributed by atoms with Crippen LogP contribution in [0.1, 0.15) is 11.1 Å². The van der Waals surface area contributed by atoms with E-state index in [0.29, 0.717) is 11.1 Å². The zero-order chi connectivity index (χ0) is 67.0. The van der Waals surface area contributed by atoms with E-state index >= 15 is 0 Å². The summed E-state index contributed by atoms with van der Waals surface area (Å²) in [6, 6.07) is 113. The molecule has 18 aromatic rings. The molecule has 0 saturated carbocycles. The predicted molar refractivity (Wildman–Crippen MR) is 405 cm³/mol. The molecule has 0 amide bonds. The molecule has 0 aliphatic heterocycles. The number of hydrogen-bond donors (Lipinski definition) is 0. The van der Waals surface area contributed by atoms with E-state index in [-0.39, 0.29) is 11.6 Å². The van der Waals surface area contributed by atoms with Crippen molar-refractivity contribution >= 4 is 155 Å². The molecule has 0 saturated heterocycles. The first-order valence-electron chi connectivity index (χ1n) is 32.9. The Kier molecular flexibility index (Phi) is 14.2. The molecule has 18 rings (SSSR count). The van der Waals surface area contributed by atoms with E-state index in [9.17, 15) is 19.3 Å². The third kappa shape index (κ3) is 10.3. The van der Waals surface area contributed by atoms with Crippen LogP contribution in [0, 0.1) is 34.3 Å². The fraction of sp³-hybridized carbons (Fsp3) is 0. The maximum atomic E-state index is 14.7. The number of nitriles is 2. The van der Waals surface area contributed by atoms with E-state index < -0.39 is 0 Å². The summed E-state index contributed by atoms with van der Waals surface area (Å²) in [6.07, 6.45) is 0. The lowest BCUT2D eigenvalue weighted by atomic mass is 9.98. The van der Waals surface area contributed by atoms with Crippen LogP contribution in [0.2, 0.25) is 0 Å². The van der Waals surface area contributed by atoms with Crippen molar-refractivity contribution in [3.8, 4) is 23.3 Å². The van der Waals surface area contributed by atoms with Gasteiger partial charge in [-0.1, -0.05) is 109 Å². The smallest absolute Gasteiger partial charge is 0.136 e. The molecule has 0 N–H and O–H groups in total. The number of halogens is 2. The number of para-hydroxylation sites is 2. The van der Waals surface area contributed by atoms with Crippen LogP contribution in [0.4, 0.5) is 77.0 Å². The average molecular weight is 1290 g/mol. The second-order valence-electron chi connectivity index (χ2n) is 25.0. The molecular weight excluding hydrogens is 1240 g/mol. The van der Waals surface area contributed by atoms with Crippen LogP contribution in [0.15, 0.2) is 336 Å². The molecule has 8 nitrogen and oxygen atoms in total. The van der Waals surface area contributed by atoms with Gasteiger partial charge in [0.1, 0.15) is 34.0 Å². The van der Waals surface area contributed by atoms with Crippen LogP contribution in [-0.2, 0) is 0 Å². The van der Waals surface area contributed by atoms with Crippen molar-refractivity contribution in [3.63, 3.8) is 0 Å². The van der Waals surface area contributed by atoms with Gasteiger partial charge in [-0.3, -0.25) is 0 Å². The van der Waals surface area contributed by atoms with Crippen LogP contribution < -0.4 is 19.6 Å². The van der Waals surface area contributed by atoms with Crippen molar-refractivity contribution in [2.75, 3.05) is 19.6 Å². The van der Waals surface area contributed by atoms with Crippen LogP contribution in [0.5, 0.6) is 0 Å². The number of anilines is 12. The maximum Gasteiger partial charge on any atom is 0.136 e. The molecule has 16 aromatic carbocycles. The molecule has 0 radical (unpaired) electrons. The number of rotatable bonds is 13. The Balaban J connectivity index is 0.668. The summed E-state index contributed by atoms with van der Waals surface area (Å²) < 4.78 is 42.2. The summed E-state index contributed by atoms with van der Waals surface area (Å²) in [4.78, 5) is 8.70. The maximum absolute atomic E-state index is 14.7. The van der Waals surface area contributed by atoms with Crippen molar-refractivity contribution < 1.29 is 17.6 Å². The van der Waals surface area contributed by atoms with E-state index in [1.807, 2.05) is 109 Å². The van der Waals surface area contributed by atoms with Gasteiger partial charge >= 0.3 is 0 Å². The highest BCUT2D eigenvalue weighted by molar-refractivity contribution is 6.28. The lowest BCUT2D eigenvalue weighted by molar-refractivity contribution is 0.627. The van der Waals surface area contributed by atoms with Crippen LogP contribution in [0.25, 0.3) is 98.1 Å². The van der Waals surface area contributed by atoms with Gasteiger partial charge in [0.15, 0.2) is 0 Å². The van der Waals surface area contributed by atoms with Gasteiger partial charge in [-0.25, -0.2) is 8.78 Å². The molecule has 0 aliphatic rings. The summed E-state index contributed by atoms with van der Waals surface area (Å²) in [7, 11) is 0. The molecule has 2 heterocycles. The molecule has 0 aliphatic carbocycles. The number of hydrogen-bond acceptors (Lipinski definition) is 8. The highest BCUT2D eigenvalue weighted by atomic mass is 19.1. The number of nitrogens with zero attached hydrogens (tertiary/aromatic N) is 6. The Morgan fingerprint density at radius 2 is 0.460 bits per heavy atom. The molecular formula is C90H54F2N6O2. The minimum Gasteiger partial charge on any atom is -0.456 e. The Hall–Kier alpha value is -13.8. The van der Waals surface area contributed by atoms with Gasteiger partial charge in [0.2, 0.25) is 0 Å². The first-order chi connectivity index (χ1) is 49.2. The van der Waals surface area contributed by atoms with Gasteiger partial charge in [0, 0.05) is 89.8 Å². The zero-order valence-electron chi connectivity index (χ0n) is 53.4. The Labute approximate surface area is 573 Å². The topological polar surface area (TPSA) is 86.8 Å². The quantitative estimate of drug-likeness (QED) is 0.113. The first-order valence-corrected chi connectivity index (χ1v) is 32.9. The van der Waals surface area contributed by atoms with Crippen LogP contribution in [0.3, 0.4) is 0 Å². The van der Waals surface area contributed by atoms with Gasteiger partial charge in [0.25, 0.3) is 0 Å². The van der Waals surface area contributed by atoms with Crippen molar-refractivity contribution in [2.45, 2.75) is 0 Å². The monoisotopic (exact) mass is 1290 g/mol. The average Bonchev–Trinajstić information content (AvgIpc) is 1.53. The Bertz CT molecular complexity index is 6310. The SMILES string of the molecule is N#Cc1ccc(N(c2ccccc2)c2ccc3c(ccc4oc5ccc6cc(N(c7ccc(C#N)cc7)c7ccc(-c8ccc(N(c9ccc(F)cc9)c9ccc%10c(ccc%11oc%12ccc%13cc(N(c%14ccccc%14)c%14ccc(F)cc%14)ccc%13c%12c%11%10)c9)cc8)cc7)ccc6c5c43)c2)cc1. The summed E-state index contributed by atoms with van der Waals surface area (Å²) in [5.41, 5.74) is 17.4. The minimum absolute atomic E-state index is 0.291. The molecule has 100 heavy (non-hydrogen) atoms. The molecule has 0 atom stereocenters. The summed E-state index contributed by atoms with van der Waals surface area (Å²) in [5, 5.41) is 31.9. The van der Waals surface area contributed by atoms with Gasteiger partial charge < -0.3 is 28.4 Å². The summed E-state index contributed by atoms with van der Waals surface area (Å²) in [6.45, 7) is 0. The largest absolute Gasteiger partial charge is 0.456 e. The third-order valence-electron chi connectivity index (χ3n) is 19.1. The molecule has 0 spiro atoms. The molecule has 0 unspecified atom stereocenters. The van der Waals surface area contributed by atoms with Crippen LogP contribution >= 0.6 is 0 Å². The normalized spacial score (nSPS) is 11.5. The Morgan fingerprint density at radius 1 is 0.230 bits per heavy atom. The molecule has 0 bridgehead atoms. The second-order valence-corrected chi connectivity index (χ2v) is 25.0. The van der Waals surface area contributed by atoms with Gasteiger partial charge in [-0.2, -0.15) is 10.5 Å². The van der Waals surface area contributed by atoms with Crippen molar-refractivity contribution in [2.24, 2.45) is 0 Å². The zero-order valence-corrected chi connectivity index (χ0v) is 53.4. The van der Waals surface area contributed by atoms with E-state index in [0.717, 1.165) is 166 Å². The number of benzene rings is 16. The van der Waals surface area contributed by atoms with Crippen molar-refractivity contribution in [1.82, 2.24) is 0 Å². The fourth-order valence-corrected chi connectivity index (χ4v) is 14.5. The van der Waals surface area contributed by atoms with E-state index in [2.05, 4.69) is 214 Å². The molecule has 10 heteroatoms. The van der Waals surface area contributed by atoms with Crippen molar-refractivity contribution in [1.29, 1.82) is 10.5 Å². The first kappa shape index (κ1) is 58.8. The van der Waals surface area contributed by atoms with Gasteiger partial charge in [0.05, 0.1) is 23.3 Å². The van der Waals surface area contributed by atoms with Gasteiger partial charge in [-0.05, 0) is 273 Å². The highest BCUT2D eigenvalue weighted by Gasteiger charge is 2.23. The predicted octanol–water partition coefficient (Wildman–Crippen LogP) is 25.7. The van der Waals surface area contributed by atoms with Crippen molar-refractivity contribution in [3.05, 3.63) is 350 Å². The van der Waals surface area contributed by atoms with E-state index in [1.165, 1.54) is 24.3 Å². The van der Waals surface area contributed by atoms with E-state index in [1.54, 1.807) is 12.1 Å². The Morgan fingerprint density at radius 3 is 0.720 bits per heavy atom. The summed E-state index contributed by atoms with van der Waals surface area (Å²) in [5.74, 6) is -0.611. The molecule has 0 fully saturated rings. The standard InChI is InChI=1S/C90H54F2N6O2/c91-65-23-35-73(36-24-65)96(68-9-5-2-6-10-68)76-40-44-80-62(52-76)20-48-84-88(80)90-82-46-42-78(54-64(82)22-50-86(90)100-84)98(74-37-25-66(92)26-38-74)72-33-17-60(18-34-72)59-15-31-71(32-16-59)97(70-29-13-58(56-94)14-30-70)77-41-45-81-63(53-77)21-49-85-89(81)87-79-43-39-75(51-61(79)19-47-83(87)99-85)95(67-7-3-1-4-8-67)69-27-11-57(55-93)12-28-69/h1-54H. The fourth-order valence-electron chi connectivity index (χ4n) is 14.5. The highest BCUT2D eigenvalue weighted by Crippen LogP contribution is 2.47. The minimum atomic E-state index is -0.320. The third-order valence-corrected chi connectivity index (χ3v) is 19.1. The molecule has 470 valence electrons. The van der Waals surface area contributed by atoms with Crippen LogP contribution in [-0.4, -0.2) is 0 Å². The molecule has 2 aromatic heterocycles. The lowest BCUT2D eigenvalue weighted by Gasteiger charge is -2.26.